The molecule has 4 aromatic rings. The average molecular weight is 804 g/mol. The fourth-order valence-corrected chi connectivity index (χ4v) is 5.74. The van der Waals surface area contributed by atoms with Crippen molar-refractivity contribution in [3.8, 4) is 16.9 Å². The average Bonchev–Trinajstić information content (AvgIpc) is 3.23. The molecule has 0 aliphatic carbocycles. The summed E-state index contributed by atoms with van der Waals surface area (Å²) in [6, 6.07) is 20.4. The highest BCUT2D eigenvalue weighted by molar-refractivity contribution is 6.00. The Morgan fingerprint density at radius 2 is 1.38 bits per heavy atom. The number of hydrogen-bond donors (Lipinski definition) is 4. The van der Waals surface area contributed by atoms with E-state index in [4.69, 9.17) is 23.7 Å². The first kappa shape index (κ1) is 47.2. The van der Waals surface area contributed by atoms with Crippen molar-refractivity contribution in [1.29, 1.82) is 0 Å². The number of benzene rings is 3. The Kier molecular flexibility index (Phi) is 23.0. The summed E-state index contributed by atoms with van der Waals surface area (Å²) < 4.78 is 28.1. The zero-order chi connectivity index (χ0) is 41.8. The molecule has 3 aromatic carbocycles. The molecule has 2 amide bonds. The van der Waals surface area contributed by atoms with Crippen LogP contribution in [-0.4, -0.2) is 105 Å². The summed E-state index contributed by atoms with van der Waals surface area (Å²) in [6.07, 6.45) is 3.96. The maximum absolute atomic E-state index is 12.8. The Balaban J connectivity index is 0.00000443. The molecule has 58 heavy (non-hydrogen) atoms. The lowest BCUT2D eigenvalue weighted by Gasteiger charge is -2.19. The van der Waals surface area contributed by atoms with Gasteiger partial charge < -0.3 is 44.7 Å². The number of anilines is 1. The molecule has 0 aliphatic heterocycles. The smallest absolute Gasteiger partial charge is 0.305 e. The Hall–Kier alpha value is -5.15. The van der Waals surface area contributed by atoms with Crippen molar-refractivity contribution in [2.75, 3.05) is 77.9 Å². The molecule has 14 heteroatoms. The van der Waals surface area contributed by atoms with Crippen LogP contribution in [0.3, 0.4) is 0 Å². The van der Waals surface area contributed by atoms with Gasteiger partial charge in [-0.15, -0.1) is 0 Å². The van der Waals surface area contributed by atoms with E-state index in [1.807, 2.05) is 87.5 Å². The molecule has 0 radical (unpaired) electrons. The van der Waals surface area contributed by atoms with Gasteiger partial charge in [-0.25, -0.2) is 9.97 Å². The molecule has 0 spiro atoms. The van der Waals surface area contributed by atoms with E-state index in [0.29, 0.717) is 77.3 Å². The van der Waals surface area contributed by atoms with Crippen molar-refractivity contribution < 1.29 is 43.2 Å². The third-order valence-corrected chi connectivity index (χ3v) is 8.53. The van der Waals surface area contributed by atoms with Gasteiger partial charge >= 0.3 is 5.97 Å². The second kappa shape index (κ2) is 28.3. The number of ether oxygens (including phenoxy) is 5. The summed E-state index contributed by atoms with van der Waals surface area (Å²) in [4.78, 5) is 45.3. The molecule has 316 valence electrons. The lowest BCUT2D eigenvalue weighted by molar-refractivity contribution is -0.138. The highest BCUT2D eigenvalue weighted by atomic mass is 16.6. The van der Waals surface area contributed by atoms with Gasteiger partial charge in [-0.3, -0.25) is 14.4 Å². The van der Waals surface area contributed by atoms with Crippen LogP contribution >= 0.6 is 0 Å². The fraction of sp³-hybridized carbons (Fsp3) is 0.477. The normalized spacial score (nSPS) is 11.3. The number of amides is 2. The van der Waals surface area contributed by atoms with Crippen LogP contribution in [0, 0.1) is 6.92 Å². The third-order valence-electron chi connectivity index (χ3n) is 8.53. The van der Waals surface area contributed by atoms with E-state index in [1.54, 1.807) is 6.20 Å². The van der Waals surface area contributed by atoms with Crippen LogP contribution in [0.5, 0.6) is 5.75 Å². The Bertz CT molecular complexity index is 1790. The number of aromatic nitrogens is 2. The molecule has 4 rings (SSSR count). The van der Waals surface area contributed by atoms with Gasteiger partial charge in [-0.05, 0) is 60.4 Å². The number of carbonyl (C=O) groups excluding carboxylic acids is 2. The van der Waals surface area contributed by atoms with Gasteiger partial charge in [-0.2, -0.15) is 0 Å². The minimum absolute atomic E-state index is 0.253. The van der Waals surface area contributed by atoms with Gasteiger partial charge in [0, 0.05) is 36.8 Å². The first-order valence-corrected chi connectivity index (χ1v) is 20.2. The Labute approximate surface area is 342 Å². The van der Waals surface area contributed by atoms with Crippen molar-refractivity contribution in [3.63, 3.8) is 0 Å². The standard InChI is InChI=1S/C42H55N5O9.C2H6/c1-3-20-52-21-22-53-23-24-54-25-26-55-27-28-56-38-16-15-34(35-8-4-5-9-36(35)38)32-11-13-33(14-12-32)37(29-41(50)51)47-40(49)30-45-39(48)10-6-7-18-43-42-44-19-17-31(2)46-42;1-2/h4-5,8-9,11-17,19,37H,3,6-7,10,18,20-30H2,1-2H3,(H,45,48)(H,47,49)(H,50,51)(H,43,44,46);1-2H3. The van der Waals surface area contributed by atoms with E-state index in [0.717, 1.165) is 52.8 Å². The van der Waals surface area contributed by atoms with Gasteiger partial charge in [0.1, 0.15) is 12.4 Å². The summed E-state index contributed by atoms with van der Waals surface area (Å²) in [5.74, 6) is -0.506. The molecule has 4 N–H and O–H groups in total. The molecule has 1 heterocycles. The number of unbranched alkanes of at least 4 members (excludes halogenated alkanes) is 1. The summed E-state index contributed by atoms with van der Waals surface area (Å²) >= 11 is 0. The number of carboxylic acids is 1. The van der Waals surface area contributed by atoms with Crippen LogP contribution in [0.15, 0.2) is 72.9 Å². The van der Waals surface area contributed by atoms with Crippen LogP contribution in [-0.2, 0) is 33.3 Å². The number of carboxylic acid groups (broad SMARTS) is 1. The van der Waals surface area contributed by atoms with Crippen molar-refractivity contribution in [2.24, 2.45) is 0 Å². The molecule has 1 atom stereocenters. The monoisotopic (exact) mass is 803 g/mol. The minimum atomic E-state index is -1.06. The maximum atomic E-state index is 12.8. The number of fused-ring (bicyclic) bond motifs is 1. The van der Waals surface area contributed by atoms with Crippen LogP contribution in [0.1, 0.15) is 70.2 Å². The number of hydrogen-bond acceptors (Lipinski definition) is 11. The molecule has 0 fully saturated rings. The number of carbonyl (C=O) groups is 3. The van der Waals surface area contributed by atoms with Crippen LogP contribution < -0.4 is 20.7 Å². The second-order valence-electron chi connectivity index (χ2n) is 13.0. The summed E-state index contributed by atoms with van der Waals surface area (Å²) in [5.41, 5.74) is 3.40. The van der Waals surface area contributed by atoms with Crippen LogP contribution in [0.25, 0.3) is 21.9 Å². The molecular weight excluding hydrogens is 743 g/mol. The summed E-state index contributed by atoms with van der Waals surface area (Å²) in [6.45, 7) is 13.0. The van der Waals surface area contributed by atoms with Gasteiger partial charge in [0.25, 0.3) is 0 Å². The molecule has 1 aromatic heterocycles. The van der Waals surface area contributed by atoms with Crippen LogP contribution in [0.2, 0.25) is 0 Å². The van der Waals surface area contributed by atoms with Gasteiger partial charge in [0.2, 0.25) is 17.8 Å². The lowest BCUT2D eigenvalue weighted by atomic mass is 9.95. The minimum Gasteiger partial charge on any atom is -0.491 e. The van der Waals surface area contributed by atoms with Gasteiger partial charge in [0.15, 0.2) is 0 Å². The Morgan fingerprint density at radius 3 is 2.02 bits per heavy atom. The number of nitrogens with zero attached hydrogens (tertiary/aromatic N) is 2. The molecule has 0 saturated heterocycles. The zero-order valence-corrected chi connectivity index (χ0v) is 34.4. The lowest BCUT2D eigenvalue weighted by Crippen LogP contribution is -2.39. The first-order chi connectivity index (χ1) is 28.3. The number of nitrogens with one attached hydrogen (secondary N) is 3. The number of aliphatic carboxylic acids is 1. The molecule has 0 aliphatic rings. The SMILES string of the molecule is CC.CCCOCCOCCOCCOCCOc1ccc(-c2ccc(C(CC(=O)O)NC(=O)CNC(=O)CCCCNc3nccc(C)n3)cc2)c2ccccc12. The summed E-state index contributed by atoms with van der Waals surface area (Å²) in [5, 5.41) is 20.1. The van der Waals surface area contributed by atoms with Crippen molar-refractivity contribution in [1.82, 2.24) is 20.6 Å². The second-order valence-corrected chi connectivity index (χ2v) is 13.0. The van der Waals surface area contributed by atoms with Crippen molar-refractivity contribution >= 4 is 34.5 Å². The van der Waals surface area contributed by atoms with Crippen LogP contribution in [0.4, 0.5) is 5.95 Å². The zero-order valence-electron chi connectivity index (χ0n) is 34.4. The quantitative estimate of drug-likeness (QED) is 0.0458. The first-order valence-electron chi connectivity index (χ1n) is 20.2. The maximum Gasteiger partial charge on any atom is 0.305 e. The number of rotatable bonds is 28. The van der Waals surface area contributed by atoms with E-state index in [1.165, 1.54) is 0 Å². The number of aryl methyl sites for hydroxylation is 1. The highest BCUT2D eigenvalue weighted by Crippen LogP contribution is 2.35. The topological polar surface area (TPSA) is 179 Å². The predicted octanol–water partition coefficient (Wildman–Crippen LogP) is 6.52. The highest BCUT2D eigenvalue weighted by Gasteiger charge is 2.19. The fourth-order valence-electron chi connectivity index (χ4n) is 5.74. The predicted molar refractivity (Wildman–Crippen MR) is 225 cm³/mol. The third kappa shape index (κ3) is 18.0. The van der Waals surface area contributed by atoms with E-state index in [9.17, 15) is 19.5 Å². The van der Waals surface area contributed by atoms with E-state index >= 15 is 0 Å². The summed E-state index contributed by atoms with van der Waals surface area (Å²) in [7, 11) is 0. The molecular formula is C44H61N5O9. The van der Waals surface area contributed by atoms with Gasteiger partial charge in [0.05, 0.1) is 65.3 Å². The molecule has 14 nitrogen and oxygen atoms in total. The van der Waals surface area contributed by atoms with E-state index in [2.05, 4.69) is 32.8 Å². The largest absolute Gasteiger partial charge is 0.491 e. The molecule has 0 saturated carbocycles. The molecule has 1 unspecified atom stereocenters. The van der Waals surface area contributed by atoms with E-state index in [-0.39, 0.29) is 25.3 Å². The molecule has 0 bridgehead atoms. The Morgan fingerprint density at radius 1 is 0.741 bits per heavy atom. The van der Waals surface area contributed by atoms with E-state index < -0.39 is 17.9 Å². The van der Waals surface area contributed by atoms with Gasteiger partial charge in [-0.1, -0.05) is 75.4 Å². The van der Waals surface area contributed by atoms with Crippen molar-refractivity contribution in [2.45, 2.75) is 65.8 Å². The van der Waals surface area contributed by atoms with Crippen molar-refractivity contribution in [3.05, 3.63) is 84.2 Å².